The topological polar surface area (TPSA) is 112 Å². The van der Waals surface area contributed by atoms with Crippen LogP contribution in [-0.4, -0.2) is 57.4 Å². The van der Waals surface area contributed by atoms with Gasteiger partial charge in [0.2, 0.25) is 0 Å². The molecule has 1 amide bonds. The van der Waals surface area contributed by atoms with Gasteiger partial charge in [-0.25, -0.2) is 4.39 Å². The number of fused-ring (bicyclic) bond motifs is 2. The summed E-state index contributed by atoms with van der Waals surface area (Å²) in [6.07, 6.45) is 3.17. The van der Waals surface area contributed by atoms with Crippen LogP contribution in [0.15, 0.2) is 18.3 Å². The lowest BCUT2D eigenvalue weighted by molar-refractivity contribution is 0.0997. The van der Waals surface area contributed by atoms with Gasteiger partial charge in [0.15, 0.2) is 0 Å². The Bertz CT molecular complexity index is 1280. The molecule has 0 aliphatic carbocycles. The van der Waals surface area contributed by atoms with Gasteiger partial charge in [0, 0.05) is 36.2 Å². The maximum absolute atomic E-state index is 14.6. The number of hydrogen-bond acceptors (Lipinski definition) is 8. The van der Waals surface area contributed by atoms with Crippen molar-refractivity contribution in [2.24, 2.45) is 0 Å². The van der Waals surface area contributed by atoms with Crippen molar-refractivity contribution in [3.05, 3.63) is 41.0 Å². The summed E-state index contributed by atoms with van der Waals surface area (Å²) in [5.41, 5.74) is 2.06. The van der Waals surface area contributed by atoms with Gasteiger partial charge in [0.1, 0.15) is 22.9 Å². The molecular formula is C24H26FN5O4. The second-order valence-corrected chi connectivity index (χ2v) is 8.62. The lowest BCUT2D eigenvalue weighted by Crippen LogP contribution is -2.29. The second-order valence-electron chi connectivity index (χ2n) is 8.62. The molecule has 34 heavy (non-hydrogen) atoms. The van der Waals surface area contributed by atoms with Crippen molar-refractivity contribution in [1.82, 2.24) is 15.0 Å². The predicted molar refractivity (Wildman–Crippen MR) is 124 cm³/mol. The first-order valence-corrected chi connectivity index (χ1v) is 11.4. The number of halogens is 1. The van der Waals surface area contributed by atoms with Crippen LogP contribution in [0.4, 0.5) is 15.9 Å². The number of methoxy groups -OCH3 is 1. The number of aryl methyl sites for hydroxylation is 1. The largest absolute Gasteiger partial charge is 0.508 e. The van der Waals surface area contributed by atoms with Crippen molar-refractivity contribution < 1.29 is 24.1 Å². The fourth-order valence-corrected chi connectivity index (χ4v) is 4.86. The molecule has 0 bridgehead atoms. The zero-order valence-corrected chi connectivity index (χ0v) is 19.1. The Morgan fingerprint density at radius 1 is 1.24 bits per heavy atom. The second kappa shape index (κ2) is 8.68. The van der Waals surface area contributed by atoms with Crippen LogP contribution in [-0.2, 0) is 13.0 Å². The zero-order valence-electron chi connectivity index (χ0n) is 19.1. The summed E-state index contributed by atoms with van der Waals surface area (Å²) in [6.45, 7) is 3.14. The lowest BCUT2D eigenvalue weighted by atomic mass is 10.0. The van der Waals surface area contributed by atoms with Gasteiger partial charge in [-0.1, -0.05) is 6.92 Å². The van der Waals surface area contributed by atoms with E-state index in [-0.39, 0.29) is 30.3 Å². The van der Waals surface area contributed by atoms with Crippen molar-refractivity contribution in [1.29, 1.82) is 0 Å². The summed E-state index contributed by atoms with van der Waals surface area (Å²) in [4.78, 5) is 30.3. The predicted octanol–water partition coefficient (Wildman–Crippen LogP) is 2.95. The summed E-state index contributed by atoms with van der Waals surface area (Å²) in [6, 6.07) is 3.07. The highest BCUT2D eigenvalue weighted by Gasteiger charge is 2.37. The first-order chi connectivity index (χ1) is 16.4. The summed E-state index contributed by atoms with van der Waals surface area (Å²) < 4.78 is 19.9. The van der Waals surface area contributed by atoms with Gasteiger partial charge in [0.25, 0.3) is 5.91 Å². The van der Waals surface area contributed by atoms with Gasteiger partial charge in [-0.3, -0.25) is 9.78 Å². The maximum Gasteiger partial charge on any atom is 0.318 e. The minimum atomic E-state index is -0.462. The molecule has 3 aromatic rings. The monoisotopic (exact) mass is 467 g/mol. The molecule has 9 nitrogen and oxygen atoms in total. The number of phenolic OH excluding ortho intramolecular Hbond substituents is 1. The number of carbonyl (C=O) groups excluding carboxylic acids is 1. The number of benzene rings is 1. The Balaban J connectivity index is 1.65. The Morgan fingerprint density at radius 3 is 2.82 bits per heavy atom. The van der Waals surface area contributed by atoms with Gasteiger partial charge in [-0.15, -0.1) is 0 Å². The van der Waals surface area contributed by atoms with Gasteiger partial charge < -0.3 is 24.7 Å². The smallest absolute Gasteiger partial charge is 0.318 e. The van der Waals surface area contributed by atoms with Crippen LogP contribution < -0.4 is 14.5 Å². The van der Waals surface area contributed by atoms with Gasteiger partial charge >= 0.3 is 6.01 Å². The molecular weight excluding hydrogens is 441 g/mol. The number of hydrogen-bond donors (Lipinski definition) is 2. The van der Waals surface area contributed by atoms with Crippen LogP contribution in [0.2, 0.25) is 0 Å². The number of amides is 1. The van der Waals surface area contributed by atoms with Crippen molar-refractivity contribution >= 4 is 28.3 Å². The molecule has 0 saturated carbocycles. The minimum Gasteiger partial charge on any atom is -0.508 e. The Morgan fingerprint density at radius 2 is 2.06 bits per heavy atom. The van der Waals surface area contributed by atoms with E-state index in [4.69, 9.17) is 4.74 Å². The number of ether oxygens (including phenoxy) is 1. The van der Waals surface area contributed by atoms with Crippen molar-refractivity contribution in [2.75, 3.05) is 30.0 Å². The number of aromatic nitrogens is 3. The Labute approximate surface area is 195 Å². The molecule has 10 heteroatoms. The first kappa shape index (κ1) is 22.3. The Kier molecular flexibility index (Phi) is 5.68. The molecule has 1 unspecified atom stereocenters. The summed E-state index contributed by atoms with van der Waals surface area (Å²) >= 11 is 0. The van der Waals surface area contributed by atoms with Crippen LogP contribution in [0.3, 0.4) is 0 Å². The highest BCUT2D eigenvalue weighted by Crippen LogP contribution is 2.40. The van der Waals surface area contributed by atoms with Gasteiger partial charge in [-0.05, 0) is 25.7 Å². The molecule has 0 radical (unpaired) electrons. The number of rotatable bonds is 4. The summed E-state index contributed by atoms with van der Waals surface area (Å²) in [5.74, 6) is -0.405. The zero-order chi connectivity index (χ0) is 24.0. The quantitative estimate of drug-likeness (QED) is 0.602. The standard InChI is InChI=1S/C24H26FN5O4/c1-3-15-16(25)11-26-17-9-14(32)10-19(20(15)17)30-12-18-21(23(30)33)22(28-24(27-18)34-2)29-7-4-5-13(31)6-8-29/h9-11,13,31-32H,3-8,12H2,1-2H3. The minimum absolute atomic E-state index is 0.0715. The molecule has 2 aliphatic rings. The van der Waals surface area contributed by atoms with E-state index in [1.165, 1.54) is 24.1 Å². The molecule has 2 N–H and O–H groups in total. The van der Waals surface area contributed by atoms with Crippen molar-refractivity contribution in [2.45, 2.75) is 45.3 Å². The van der Waals surface area contributed by atoms with Crippen LogP contribution in [0.5, 0.6) is 11.8 Å². The molecule has 1 fully saturated rings. The average molecular weight is 468 g/mol. The van der Waals surface area contributed by atoms with Crippen LogP contribution in [0.25, 0.3) is 10.9 Å². The average Bonchev–Trinajstić information content (AvgIpc) is 3.00. The van der Waals surface area contributed by atoms with Gasteiger partial charge in [-0.2, -0.15) is 9.97 Å². The van der Waals surface area contributed by atoms with E-state index in [2.05, 4.69) is 15.0 Å². The number of carbonyl (C=O) groups is 1. The molecule has 2 aliphatic heterocycles. The van der Waals surface area contributed by atoms with Crippen molar-refractivity contribution in [3.8, 4) is 11.8 Å². The molecule has 1 saturated heterocycles. The maximum atomic E-state index is 14.6. The normalized spacial score (nSPS) is 18.4. The molecule has 1 atom stereocenters. The number of aliphatic hydroxyl groups is 1. The SMILES string of the molecule is CCc1c(F)cnc2cc(O)cc(N3Cc4nc(OC)nc(N5CCCC(O)CC5)c4C3=O)c12. The van der Waals surface area contributed by atoms with E-state index >= 15 is 0 Å². The number of phenols is 1. The summed E-state index contributed by atoms with van der Waals surface area (Å²) in [5, 5.41) is 20.9. The number of aliphatic hydroxyl groups excluding tert-OH is 1. The molecule has 5 rings (SSSR count). The third kappa shape index (κ3) is 3.67. The molecule has 2 aromatic heterocycles. The molecule has 4 heterocycles. The molecule has 0 spiro atoms. The number of aromatic hydroxyl groups is 1. The van der Waals surface area contributed by atoms with E-state index in [0.29, 0.717) is 71.6 Å². The van der Waals surface area contributed by atoms with E-state index < -0.39 is 5.82 Å². The summed E-state index contributed by atoms with van der Waals surface area (Å²) in [7, 11) is 1.47. The lowest BCUT2D eigenvalue weighted by Gasteiger charge is -2.24. The fraction of sp³-hybridized carbons (Fsp3) is 0.417. The number of nitrogens with zero attached hydrogens (tertiary/aromatic N) is 5. The fourth-order valence-electron chi connectivity index (χ4n) is 4.86. The van der Waals surface area contributed by atoms with Crippen LogP contribution in [0.1, 0.15) is 47.8 Å². The van der Waals surface area contributed by atoms with E-state index in [9.17, 15) is 19.4 Å². The van der Waals surface area contributed by atoms with Crippen LogP contribution >= 0.6 is 0 Å². The highest BCUT2D eigenvalue weighted by molar-refractivity contribution is 6.16. The number of pyridine rings is 1. The number of anilines is 2. The van der Waals surface area contributed by atoms with E-state index in [1.54, 1.807) is 0 Å². The van der Waals surface area contributed by atoms with Crippen LogP contribution in [0, 0.1) is 5.82 Å². The first-order valence-electron chi connectivity index (χ1n) is 11.4. The van der Waals surface area contributed by atoms with Crippen molar-refractivity contribution in [3.63, 3.8) is 0 Å². The molecule has 1 aromatic carbocycles. The Hall–Kier alpha value is -3.53. The third-order valence-electron chi connectivity index (χ3n) is 6.52. The highest BCUT2D eigenvalue weighted by atomic mass is 19.1. The van der Waals surface area contributed by atoms with E-state index in [0.717, 1.165) is 12.6 Å². The molecule has 178 valence electrons. The van der Waals surface area contributed by atoms with Gasteiger partial charge in [0.05, 0.1) is 42.9 Å². The third-order valence-corrected chi connectivity index (χ3v) is 6.52. The van der Waals surface area contributed by atoms with E-state index in [1.807, 2.05) is 11.8 Å².